The van der Waals surface area contributed by atoms with Crippen LogP contribution in [0.25, 0.3) is 11.1 Å². The molecule has 1 aromatic carbocycles. The zero-order valence-electron chi connectivity index (χ0n) is 10.3. The minimum Gasteiger partial charge on any atom is -0.504 e. The van der Waals surface area contributed by atoms with Gasteiger partial charge in [0, 0.05) is 5.56 Å². The number of aromatic hydroxyl groups is 1. The first-order valence-electron chi connectivity index (χ1n) is 5.68. The van der Waals surface area contributed by atoms with Crippen molar-refractivity contribution in [2.24, 2.45) is 0 Å². The Morgan fingerprint density at radius 2 is 2.11 bits per heavy atom. The van der Waals surface area contributed by atoms with Gasteiger partial charge in [-0.25, -0.2) is 0 Å². The molecule has 0 atom stereocenters. The highest BCUT2D eigenvalue weighted by molar-refractivity contribution is 5.90. The lowest BCUT2D eigenvalue weighted by Gasteiger charge is -2.09. The molecule has 1 N–H and O–H groups in total. The lowest BCUT2D eigenvalue weighted by Crippen LogP contribution is -1.94. The highest BCUT2D eigenvalue weighted by Gasteiger charge is 2.21. The molecule has 1 aromatic heterocycles. The summed E-state index contributed by atoms with van der Waals surface area (Å²) < 4.78 is 10.7. The number of aryl methyl sites for hydroxylation is 1. The van der Waals surface area contributed by atoms with E-state index in [9.17, 15) is 9.90 Å². The predicted molar refractivity (Wildman–Crippen MR) is 67.1 cm³/mol. The number of aldehydes is 1. The molecule has 0 saturated carbocycles. The maximum atomic E-state index is 11.0. The standard InChI is InChI=1S/C14H14O4/c1-3-17-11-7-5-4-6-10(11)13-12(8-15)18-9(2)14(13)16/h4-8,16H,3H2,1-2H3. The number of carbonyl (C=O) groups is 1. The minimum atomic E-state index is -0.0238. The molecule has 0 saturated heterocycles. The fourth-order valence-corrected chi connectivity index (χ4v) is 1.85. The largest absolute Gasteiger partial charge is 0.504 e. The highest BCUT2D eigenvalue weighted by Crippen LogP contribution is 2.41. The molecule has 2 rings (SSSR count). The van der Waals surface area contributed by atoms with Gasteiger partial charge in [0.2, 0.25) is 0 Å². The van der Waals surface area contributed by atoms with E-state index in [1.807, 2.05) is 19.1 Å². The second kappa shape index (κ2) is 4.96. The smallest absolute Gasteiger partial charge is 0.186 e. The second-order valence-corrected chi connectivity index (χ2v) is 3.79. The molecule has 0 bridgehead atoms. The van der Waals surface area contributed by atoms with Crippen LogP contribution < -0.4 is 4.74 Å². The summed E-state index contributed by atoms with van der Waals surface area (Å²) in [6.07, 6.45) is 0.588. The Balaban J connectivity index is 2.64. The topological polar surface area (TPSA) is 59.7 Å². The van der Waals surface area contributed by atoms with Gasteiger partial charge >= 0.3 is 0 Å². The van der Waals surface area contributed by atoms with E-state index >= 15 is 0 Å². The van der Waals surface area contributed by atoms with E-state index in [2.05, 4.69) is 0 Å². The lowest BCUT2D eigenvalue weighted by molar-refractivity contribution is 0.110. The molecule has 4 nitrogen and oxygen atoms in total. The van der Waals surface area contributed by atoms with E-state index < -0.39 is 0 Å². The Labute approximate surface area is 105 Å². The van der Waals surface area contributed by atoms with Gasteiger partial charge in [-0.15, -0.1) is 0 Å². The summed E-state index contributed by atoms with van der Waals surface area (Å²) in [5.74, 6) is 1.01. The molecule has 2 aromatic rings. The third-order valence-corrected chi connectivity index (χ3v) is 2.64. The van der Waals surface area contributed by atoms with Crippen molar-refractivity contribution in [2.45, 2.75) is 13.8 Å². The van der Waals surface area contributed by atoms with Gasteiger partial charge in [0.25, 0.3) is 0 Å². The molecule has 0 amide bonds. The third-order valence-electron chi connectivity index (χ3n) is 2.64. The SMILES string of the molecule is CCOc1ccccc1-c1c(C=O)oc(C)c1O. The number of hydrogen-bond donors (Lipinski definition) is 1. The normalized spacial score (nSPS) is 10.3. The van der Waals surface area contributed by atoms with E-state index in [1.165, 1.54) is 0 Å². The number of hydrogen-bond acceptors (Lipinski definition) is 4. The van der Waals surface area contributed by atoms with E-state index in [4.69, 9.17) is 9.15 Å². The van der Waals surface area contributed by atoms with Crippen LogP contribution in [0, 0.1) is 6.92 Å². The van der Waals surface area contributed by atoms with Gasteiger partial charge in [-0.3, -0.25) is 4.79 Å². The average molecular weight is 246 g/mol. The van der Waals surface area contributed by atoms with Gasteiger partial charge < -0.3 is 14.3 Å². The maximum Gasteiger partial charge on any atom is 0.186 e. The molecule has 0 aliphatic heterocycles. The quantitative estimate of drug-likeness (QED) is 0.842. The van der Waals surface area contributed by atoms with E-state index in [1.54, 1.807) is 19.1 Å². The van der Waals surface area contributed by atoms with Crippen molar-refractivity contribution in [3.05, 3.63) is 35.8 Å². The monoisotopic (exact) mass is 246 g/mol. The fraction of sp³-hybridized carbons (Fsp3) is 0.214. The van der Waals surface area contributed by atoms with Gasteiger partial charge in [-0.2, -0.15) is 0 Å². The van der Waals surface area contributed by atoms with Crippen molar-refractivity contribution in [3.8, 4) is 22.6 Å². The molecular formula is C14H14O4. The van der Waals surface area contributed by atoms with Gasteiger partial charge in [0.1, 0.15) is 11.5 Å². The summed E-state index contributed by atoms with van der Waals surface area (Å²) >= 11 is 0. The van der Waals surface area contributed by atoms with E-state index in [-0.39, 0.29) is 11.5 Å². The summed E-state index contributed by atoms with van der Waals surface area (Å²) in [6.45, 7) is 3.98. The van der Waals surface area contributed by atoms with Crippen LogP contribution in [-0.2, 0) is 0 Å². The molecule has 0 aliphatic rings. The first-order chi connectivity index (χ1) is 8.69. The molecule has 0 fully saturated rings. The minimum absolute atomic E-state index is 0.0238. The summed E-state index contributed by atoms with van der Waals surface area (Å²) in [6, 6.07) is 7.21. The van der Waals surface area contributed by atoms with Crippen molar-refractivity contribution in [1.82, 2.24) is 0 Å². The Morgan fingerprint density at radius 3 is 2.78 bits per heavy atom. The Hall–Kier alpha value is -2.23. The van der Waals surface area contributed by atoms with Crippen LogP contribution in [0.3, 0.4) is 0 Å². The van der Waals surface area contributed by atoms with E-state index in [0.29, 0.717) is 35.5 Å². The Kier molecular flexibility index (Phi) is 3.37. The summed E-state index contributed by atoms with van der Waals surface area (Å²) in [5, 5.41) is 9.99. The van der Waals surface area contributed by atoms with Crippen molar-refractivity contribution in [1.29, 1.82) is 0 Å². The number of furan rings is 1. The summed E-state index contributed by atoms with van der Waals surface area (Å²) in [4.78, 5) is 11.0. The zero-order valence-corrected chi connectivity index (χ0v) is 10.3. The van der Waals surface area contributed by atoms with Crippen LogP contribution in [0.2, 0.25) is 0 Å². The molecule has 0 radical (unpaired) electrons. The number of ether oxygens (including phenoxy) is 1. The number of para-hydroxylation sites is 1. The second-order valence-electron chi connectivity index (χ2n) is 3.79. The van der Waals surface area contributed by atoms with Crippen LogP contribution in [0.4, 0.5) is 0 Å². The number of rotatable bonds is 4. The molecule has 18 heavy (non-hydrogen) atoms. The Bertz CT molecular complexity index is 569. The van der Waals surface area contributed by atoms with Crippen LogP contribution in [-0.4, -0.2) is 18.0 Å². The first kappa shape index (κ1) is 12.2. The Morgan fingerprint density at radius 1 is 1.39 bits per heavy atom. The van der Waals surface area contributed by atoms with Crippen molar-refractivity contribution >= 4 is 6.29 Å². The van der Waals surface area contributed by atoms with Crippen LogP contribution in [0.1, 0.15) is 23.2 Å². The van der Waals surface area contributed by atoms with Gasteiger partial charge in [0.05, 0.1) is 12.2 Å². The molecule has 4 heteroatoms. The van der Waals surface area contributed by atoms with Gasteiger partial charge in [-0.05, 0) is 19.9 Å². The lowest BCUT2D eigenvalue weighted by atomic mass is 10.0. The zero-order chi connectivity index (χ0) is 13.1. The molecule has 0 unspecified atom stereocenters. The average Bonchev–Trinajstić information content (AvgIpc) is 2.67. The maximum absolute atomic E-state index is 11.0. The van der Waals surface area contributed by atoms with Crippen LogP contribution >= 0.6 is 0 Å². The third kappa shape index (κ3) is 1.97. The number of carbonyl (C=O) groups excluding carboxylic acids is 1. The highest BCUT2D eigenvalue weighted by atomic mass is 16.5. The van der Waals surface area contributed by atoms with Gasteiger partial charge in [-0.1, -0.05) is 18.2 Å². The predicted octanol–water partition coefficient (Wildman–Crippen LogP) is 3.17. The summed E-state index contributed by atoms with van der Waals surface area (Å²) in [7, 11) is 0. The molecule has 94 valence electrons. The fourth-order valence-electron chi connectivity index (χ4n) is 1.85. The molecule has 0 spiro atoms. The van der Waals surface area contributed by atoms with E-state index in [0.717, 1.165) is 0 Å². The number of benzene rings is 1. The van der Waals surface area contributed by atoms with Crippen LogP contribution in [0.15, 0.2) is 28.7 Å². The molecule has 0 aliphatic carbocycles. The van der Waals surface area contributed by atoms with Crippen LogP contribution in [0.5, 0.6) is 11.5 Å². The summed E-state index contributed by atoms with van der Waals surface area (Å²) in [5.41, 5.74) is 1.03. The molecular weight excluding hydrogens is 232 g/mol. The van der Waals surface area contributed by atoms with Crippen molar-refractivity contribution in [3.63, 3.8) is 0 Å². The van der Waals surface area contributed by atoms with Gasteiger partial charge in [0.15, 0.2) is 17.8 Å². The first-order valence-corrected chi connectivity index (χ1v) is 5.68. The van der Waals surface area contributed by atoms with Crippen molar-refractivity contribution < 1.29 is 19.1 Å². The van der Waals surface area contributed by atoms with Crippen molar-refractivity contribution in [2.75, 3.05) is 6.61 Å². The molecule has 1 heterocycles.